The van der Waals surface area contributed by atoms with Crippen LogP contribution in [0, 0.1) is 0 Å². The lowest BCUT2D eigenvalue weighted by atomic mass is 10.2. The van der Waals surface area contributed by atoms with Crippen LogP contribution in [0.5, 0.6) is 0 Å². The molecule has 0 aliphatic rings. The zero-order chi connectivity index (χ0) is 15.0. The van der Waals surface area contributed by atoms with E-state index in [1.54, 1.807) is 18.2 Å². The van der Waals surface area contributed by atoms with Crippen molar-refractivity contribution in [3.63, 3.8) is 0 Å². The van der Waals surface area contributed by atoms with Crippen molar-refractivity contribution in [1.82, 2.24) is 9.71 Å². The second-order valence-corrected chi connectivity index (χ2v) is 8.16. The van der Waals surface area contributed by atoms with Gasteiger partial charge in [0.05, 0.1) is 0 Å². The molecule has 0 radical (unpaired) electrons. The quantitative estimate of drug-likeness (QED) is 0.603. The van der Waals surface area contributed by atoms with Gasteiger partial charge in [-0.3, -0.25) is 0 Å². The van der Waals surface area contributed by atoms with Crippen LogP contribution in [0.4, 0.5) is 5.69 Å². The summed E-state index contributed by atoms with van der Waals surface area (Å²) in [6.07, 6.45) is 1.48. The van der Waals surface area contributed by atoms with Crippen molar-refractivity contribution in [3.05, 3.63) is 45.2 Å². The van der Waals surface area contributed by atoms with Crippen molar-refractivity contribution in [2.24, 2.45) is 0 Å². The minimum Gasteiger partial charge on any atom is -0.399 e. The molecule has 110 valence electrons. The van der Waals surface area contributed by atoms with Crippen LogP contribution in [0.3, 0.4) is 0 Å². The molecule has 0 saturated carbocycles. The Labute approximate surface area is 134 Å². The van der Waals surface area contributed by atoms with E-state index in [0.717, 1.165) is 9.35 Å². The average Bonchev–Trinajstić information content (AvgIpc) is 3.02. The number of hydrogen-bond acceptors (Lipinski definition) is 4. The summed E-state index contributed by atoms with van der Waals surface area (Å²) in [5.74, 6) is 0. The van der Waals surface area contributed by atoms with Crippen molar-refractivity contribution in [2.45, 2.75) is 11.4 Å². The third-order valence-electron chi connectivity index (χ3n) is 3.02. The first-order valence-electron chi connectivity index (χ1n) is 6.05. The number of nitrogen functional groups attached to an aromatic ring is 1. The van der Waals surface area contributed by atoms with Crippen molar-refractivity contribution >= 4 is 53.9 Å². The van der Waals surface area contributed by atoms with E-state index in [0.29, 0.717) is 16.6 Å². The van der Waals surface area contributed by atoms with Gasteiger partial charge in [0.1, 0.15) is 4.90 Å². The van der Waals surface area contributed by atoms with Crippen LogP contribution in [-0.4, -0.2) is 13.4 Å². The zero-order valence-corrected chi connectivity index (χ0v) is 14.0. The van der Waals surface area contributed by atoms with Gasteiger partial charge in [0.2, 0.25) is 10.0 Å². The number of halogens is 1. The molecule has 3 rings (SSSR count). The molecule has 1 aromatic carbocycles. The fourth-order valence-electron chi connectivity index (χ4n) is 2.03. The number of H-pyrrole nitrogens is 1. The van der Waals surface area contributed by atoms with Crippen LogP contribution in [0.15, 0.2) is 45.2 Å². The Balaban J connectivity index is 1.89. The number of rotatable bonds is 4. The molecule has 5 nitrogen and oxygen atoms in total. The smallest absolute Gasteiger partial charge is 0.243 e. The Hall–Kier alpha value is -1.35. The molecule has 0 aliphatic carbocycles. The van der Waals surface area contributed by atoms with Gasteiger partial charge in [0.25, 0.3) is 0 Å². The molecular formula is C13H12BrN3O2S2. The van der Waals surface area contributed by atoms with Gasteiger partial charge >= 0.3 is 0 Å². The number of nitrogens with two attached hydrogens (primary N) is 1. The summed E-state index contributed by atoms with van der Waals surface area (Å²) in [4.78, 5) is 4.10. The van der Waals surface area contributed by atoms with E-state index in [1.807, 2.05) is 11.4 Å². The maximum atomic E-state index is 12.4. The van der Waals surface area contributed by atoms with Crippen molar-refractivity contribution in [3.8, 4) is 0 Å². The summed E-state index contributed by atoms with van der Waals surface area (Å²) >= 11 is 4.84. The molecule has 0 unspecified atom stereocenters. The van der Waals surface area contributed by atoms with E-state index < -0.39 is 10.0 Å². The largest absolute Gasteiger partial charge is 0.399 e. The van der Waals surface area contributed by atoms with Crippen LogP contribution in [0.25, 0.3) is 10.9 Å². The predicted molar refractivity (Wildman–Crippen MR) is 88.8 cm³/mol. The normalized spacial score (nSPS) is 12.0. The summed E-state index contributed by atoms with van der Waals surface area (Å²) in [6.45, 7) is 0.264. The number of nitrogens with one attached hydrogen (secondary N) is 2. The van der Waals surface area contributed by atoms with E-state index in [2.05, 4.69) is 25.6 Å². The minimum absolute atomic E-state index is 0.230. The molecule has 21 heavy (non-hydrogen) atoms. The highest BCUT2D eigenvalue weighted by molar-refractivity contribution is 9.10. The van der Waals surface area contributed by atoms with Gasteiger partial charge in [-0.2, -0.15) is 0 Å². The van der Waals surface area contributed by atoms with Crippen LogP contribution in [0.1, 0.15) is 4.88 Å². The second-order valence-electron chi connectivity index (χ2n) is 4.51. The number of sulfonamides is 1. The number of fused-ring (bicyclic) bond motifs is 1. The number of hydrogen-bond donors (Lipinski definition) is 3. The summed E-state index contributed by atoms with van der Waals surface area (Å²) < 4.78 is 28.4. The van der Waals surface area contributed by atoms with Gasteiger partial charge in [-0.25, -0.2) is 13.1 Å². The lowest BCUT2D eigenvalue weighted by Crippen LogP contribution is -2.22. The molecule has 3 aromatic rings. The molecule has 0 spiro atoms. The summed E-state index contributed by atoms with van der Waals surface area (Å²) in [6, 6.07) is 7.00. The number of benzene rings is 1. The first kappa shape index (κ1) is 14.6. The molecule has 0 aliphatic heterocycles. The van der Waals surface area contributed by atoms with Crippen molar-refractivity contribution < 1.29 is 8.42 Å². The van der Waals surface area contributed by atoms with Gasteiger partial charge in [0.15, 0.2) is 0 Å². The molecule has 0 saturated heterocycles. The number of aromatic amines is 1. The summed E-state index contributed by atoms with van der Waals surface area (Å²) in [5, 5.41) is 2.54. The highest BCUT2D eigenvalue weighted by Crippen LogP contribution is 2.25. The predicted octanol–water partition coefficient (Wildman–Crippen LogP) is 3.05. The molecule has 0 fully saturated rings. The van der Waals surface area contributed by atoms with E-state index in [4.69, 9.17) is 5.73 Å². The zero-order valence-electron chi connectivity index (χ0n) is 10.8. The Morgan fingerprint density at radius 2 is 2.14 bits per heavy atom. The van der Waals surface area contributed by atoms with Gasteiger partial charge in [0, 0.05) is 44.1 Å². The Kier molecular flexibility index (Phi) is 3.78. The Morgan fingerprint density at radius 1 is 1.33 bits per heavy atom. The van der Waals surface area contributed by atoms with Crippen LogP contribution < -0.4 is 10.5 Å². The lowest BCUT2D eigenvalue weighted by Gasteiger charge is -2.04. The first-order valence-corrected chi connectivity index (χ1v) is 9.20. The topological polar surface area (TPSA) is 88.0 Å². The maximum Gasteiger partial charge on any atom is 0.243 e. The van der Waals surface area contributed by atoms with Crippen LogP contribution >= 0.6 is 27.3 Å². The minimum atomic E-state index is -3.58. The van der Waals surface area contributed by atoms with Gasteiger partial charge in [-0.1, -0.05) is 0 Å². The average molecular weight is 386 g/mol. The molecular weight excluding hydrogens is 374 g/mol. The van der Waals surface area contributed by atoms with Crippen LogP contribution in [-0.2, 0) is 16.6 Å². The number of thiophene rings is 1. The van der Waals surface area contributed by atoms with E-state index in [-0.39, 0.29) is 11.4 Å². The molecule has 8 heteroatoms. The SMILES string of the molecule is Nc1ccc2c(S(=O)(=O)NCc3cc(Br)cs3)c[nH]c2c1. The van der Waals surface area contributed by atoms with Gasteiger partial charge < -0.3 is 10.7 Å². The molecule has 0 atom stereocenters. The number of aromatic nitrogens is 1. The molecule has 2 heterocycles. The standard InChI is InChI=1S/C13H12BrN3O2S2/c14-8-3-10(20-7-8)5-17-21(18,19)13-6-16-12-4-9(15)1-2-11(12)13/h1-4,6-7,16-17H,5,15H2. The van der Waals surface area contributed by atoms with Crippen molar-refractivity contribution in [2.75, 3.05) is 5.73 Å². The third kappa shape index (κ3) is 2.98. The fourth-order valence-corrected chi connectivity index (χ4v) is 4.69. The van der Waals surface area contributed by atoms with Crippen molar-refractivity contribution in [1.29, 1.82) is 0 Å². The Morgan fingerprint density at radius 3 is 2.86 bits per heavy atom. The highest BCUT2D eigenvalue weighted by atomic mass is 79.9. The molecule has 4 N–H and O–H groups in total. The molecule has 2 aromatic heterocycles. The monoisotopic (exact) mass is 385 g/mol. The van der Waals surface area contributed by atoms with E-state index >= 15 is 0 Å². The Bertz CT molecular complexity index is 899. The summed E-state index contributed by atoms with van der Waals surface area (Å²) in [7, 11) is -3.58. The maximum absolute atomic E-state index is 12.4. The van der Waals surface area contributed by atoms with E-state index in [1.165, 1.54) is 17.5 Å². The molecule has 0 amide bonds. The highest BCUT2D eigenvalue weighted by Gasteiger charge is 2.19. The number of anilines is 1. The van der Waals surface area contributed by atoms with Gasteiger partial charge in [-0.15, -0.1) is 11.3 Å². The van der Waals surface area contributed by atoms with Crippen LogP contribution in [0.2, 0.25) is 0 Å². The van der Waals surface area contributed by atoms with E-state index in [9.17, 15) is 8.42 Å². The van der Waals surface area contributed by atoms with Gasteiger partial charge in [-0.05, 0) is 40.2 Å². The second kappa shape index (κ2) is 5.45. The summed E-state index contributed by atoms with van der Waals surface area (Å²) in [5.41, 5.74) is 6.98. The molecule has 0 bridgehead atoms. The first-order chi connectivity index (χ1) is 9.95. The third-order valence-corrected chi connectivity index (χ3v) is 6.15. The fraction of sp³-hybridized carbons (Fsp3) is 0.0769. The lowest BCUT2D eigenvalue weighted by molar-refractivity contribution is 0.582.